The Morgan fingerprint density at radius 2 is 1.77 bits per heavy atom. The van der Waals surface area contributed by atoms with Crippen LogP contribution in [0.15, 0.2) is 60.2 Å². The lowest BCUT2D eigenvalue weighted by Crippen LogP contribution is -2.54. The zero-order chi connectivity index (χ0) is 28.4. The van der Waals surface area contributed by atoms with Gasteiger partial charge in [0.05, 0.1) is 18.3 Å². The summed E-state index contributed by atoms with van der Waals surface area (Å²) in [7, 11) is 0. The van der Waals surface area contributed by atoms with E-state index in [9.17, 15) is 19.5 Å². The maximum absolute atomic E-state index is 13.4. The number of esters is 1. The first-order valence-electron chi connectivity index (χ1n) is 13.2. The largest absolute Gasteiger partial charge is 0.456 e. The third-order valence-corrected chi connectivity index (χ3v) is 8.03. The fourth-order valence-corrected chi connectivity index (χ4v) is 5.74. The molecular weight excluding hydrogens is 631 g/mol. The van der Waals surface area contributed by atoms with Gasteiger partial charge in [-0.2, -0.15) is 0 Å². The van der Waals surface area contributed by atoms with Crippen molar-refractivity contribution in [3.8, 4) is 0 Å². The predicted octanol–water partition coefficient (Wildman–Crippen LogP) is 1.40. The van der Waals surface area contributed by atoms with Gasteiger partial charge in [0.15, 0.2) is 5.79 Å². The minimum Gasteiger partial charge on any atom is -0.456 e. The maximum Gasteiger partial charge on any atom is 0.338 e. The number of carbonyl (C=O) groups excluding carboxylic acids is 3. The van der Waals surface area contributed by atoms with Crippen LogP contribution in [0.3, 0.4) is 0 Å². The maximum atomic E-state index is 13.4. The molecule has 0 bridgehead atoms. The Morgan fingerprint density at radius 1 is 1.10 bits per heavy atom. The highest BCUT2D eigenvalue weighted by atomic mass is 127. The molecule has 2 amide bonds. The van der Waals surface area contributed by atoms with Crippen molar-refractivity contribution in [1.29, 1.82) is 0 Å². The average Bonchev–Trinajstić information content (AvgIpc) is 3.48. The number of nitrogens with one attached hydrogen (secondary N) is 2. The van der Waals surface area contributed by atoms with Gasteiger partial charge in [-0.15, -0.1) is 0 Å². The summed E-state index contributed by atoms with van der Waals surface area (Å²) in [5.41, 5.74) is 2.85. The normalized spacial score (nSPS) is 23.9. The van der Waals surface area contributed by atoms with Crippen LogP contribution in [0.2, 0.25) is 0 Å². The molecule has 1 fully saturated rings. The number of aliphatic hydroxyl groups excluding tert-OH is 2. The van der Waals surface area contributed by atoms with Crippen molar-refractivity contribution in [2.45, 2.75) is 62.4 Å². The lowest BCUT2D eigenvalue weighted by molar-refractivity contribution is -0.172. The third-order valence-electron chi connectivity index (χ3n) is 7.31. The van der Waals surface area contributed by atoms with Gasteiger partial charge in [0, 0.05) is 35.0 Å². The first-order chi connectivity index (χ1) is 19.2. The Bertz CT molecular complexity index is 1290. The molecule has 1 spiro atoms. The predicted molar refractivity (Wildman–Crippen MR) is 151 cm³/mol. The lowest BCUT2D eigenvalue weighted by Gasteiger charge is -2.31. The van der Waals surface area contributed by atoms with E-state index in [1.807, 2.05) is 24.3 Å². The number of ether oxygens (including phenoxy) is 3. The molecule has 1 heterocycles. The molecule has 5 unspecified atom stereocenters. The number of hydrogen-bond acceptors (Lipinski definition) is 8. The van der Waals surface area contributed by atoms with Crippen LogP contribution in [-0.2, 0) is 36.6 Å². The van der Waals surface area contributed by atoms with Crippen LogP contribution in [0.4, 0.5) is 0 Å². The molecule has 0 aromatic heterocycles. The Labute approximate surface area is 245 Å². The molecule has 40 heavy (non-hydrogen) atoms. The van der Waals surface area contributed by atoms with Gasteiger partial charge in [-0.05, 0) is 71.0 Å². The highest BCUT2D eigenvalue weighted by Crippen LogP contribution is 2.45. The van der Waals surface area contributed by atoms with Crippen LogP contribution >= 0.6 is 22.6 Å². The number of amides is 2. The van der Waals surface area contributed by atoms with Crippen molar-refractivity contribution < 1.29 is 38.8 Å². The van der Waals surface area contributed by atoms with Gasteiger partial charge in [-0.3, -0.25) is 9.59 Å². The fourth-order valence-electron chi connectivity index (χ4n) is 5.38. The number of hydrogen-bond donors (Lipinski definition) is 4. The van der Waals surface area contributed by atoms with Gasteiger partial charge < -0.3 is 35.1 Å². The highest BCUT2D eigenvalue weighted by molar-refractivity contribution is 14.1. The lowest BCUT2D eigenvalue weighted by atomic mass is 9.91. The average molecular weight is 662 g/mol. The van der Waals surface area contributed by atoms with E-state index in [1.165, 1.54) is 6.92 Å². The Morgan fingerprint density at radius 3 is 2.40 bits per heavy atom. The first kappa shape index (κ1) is 28.7. The highest BCUT2D eigenvalue weighted by Gasteiger charge is 2.55. The van der Waals surface area contributed by atoms with Crippen LogP contribution in [0.25, 0.3) is 0 Å². The smallest absolute Gasteiger partial charge is 0.338 e. The molecule has 2 aromatic rings. The van der Waals surface area contributed by atoms with Crippen molar-refractivity contribution in [2.75, 3.05) is 13.2 Å². The van der Waals surface area contributed by atoms with Gasteiger partial charge in [-0.1, -0.05) is 24.3 Å². The summed E-state index contributed by atoms with van der Waals surface area (Å²) in [6.45, 7) is 1.09. The molecule has 2 aliphatic carbocycles. The summed E-state index contributed by atoms with van der Waals surface area (Å²) >= 11 is 2.15. The second-order valence-corrected chi connectivity index (χ2v) is 11.5. The van der Waals surface area contributed by atoms with Crippen LogP contribution in [0, 0.1) is 3.57 Å². The zero-order valence-corrected chi connectivity index (χ0v) is 24.0. The quantitative estimate of drug-likeness (QED) is 0.246. The second-order valence-electron chi connectivity index (χ2n) is 10.3. The summed E-state index contributed by atoms with van der Waals surface area (Å²) in [6.07, 6.45) is -0.612. The summed E-state index contributed by atoms with van der Waals surface area (Å²) in [6, 6.07) is 13.7. The number of rotatable bonds is 8. The van der Waals surface area contributed by atoms with E-state index in [0.717, 1.165) is 14.7 Å². The summed E-state index contributed by atoms with van der Waals surface area (Å²) in [4.78, 5) is 38.9. The molecule has 0 radical (unpaired) electrons. The Hall–Kier alpha value is -2.84. The van der Waals surface area contributed by atoms with Gasteiger partial charge in [0.1, 0.15) is 24.4 Å². The number of aliphatic hydroxyl groups is 2. The van der Waals surface area contributed by atoms with Crippen molar-refractivity contribution in [2.24, 2.45) is 0 Å². The topological polar surface area (TPSA) is 143 Å². The van der Waals surface area contributed by atoms with E-state index in [4.69, 9.17) is 19.3 Å². The van der Waals surface area contributed by atoms with Crippen molar-refractivity contribution >= 4 is 40.4 Å². The van der Waals surface area contributed by atoms with E-state index in [0.29, 0.717) is 18.4 Å². The van der Waals surface area contributed by atoms with Crippen LogP contribution in [-0.4, -0.2) is 77.4 Å². The number of carbonyl (C=O) groups is 3. The molecule has 4 N–H and O–H groups in total. The van der Waals surface area contributed by atoms with Crippen LogP contribution < -0.4 is 10.6 Å². The number of benzene rings is 2. The van der Waals surface area contributed by atoms with Crippen molar-refractivity contribution in [3.63, 3.8) is 0 Å². The molecule has 212 valence electrons. The molecule has 3 aliphatic rings. The standard InChI is InChI=1S/C29H31IN2O8/c1-16(34)24(27(36)31-10-11-33)32-26(35)20-12-22(38-28(37)17-6-8-21(30)9-7-17)25-23(13-20)39-29(40-25)14-18-4-2-3-5-19(18)15-29/h2-9,13,16,22-25,33-34H,10-12,14-15H2,1H3,(H,31,36)(H,32,35). The Kier molecular flexibility index (Phi) is 8.57. The molecule has 0 saturated carbocycles. The molecular formula is C29H31IN2O8. The molecule has 5 atom stereocenters. The van der Waals surface area contributed by atoms with Crippen LogP contribution in [0.1, 0.15) is 34.8 Å². The minimum absolute atomic E-state index is 0.0173. The number of halogens is 1. The minimum atomic E-state index is -1.25. The molecule has 5 rings (SSSR count). The number of fused-ring (bicyclic) bond motifs is 2. The van der Waals surface area contributed by atoms with E-state index in [1.54, 1.807) is 30.3 Å². The SMILES string of the molecule is CC(O)C(NC(=O)C1=CC2OC3(Cc4ccccc4C3)OC2C(OC(=O)c2ccc(I)cc2)C1)C(=O)NCCO. The van der Waals surface area contributed by atoms with E-state index in [-0.39, 0.29) is 25.1 Å². The monoisotopic (exact) mass is 662 g/mol. The fraction of sp³-hybridized carbons (Fsp3) is 0.414. The molecule has 10 nitrogen and oxygen atoms in total. The van der Waals surface area contributed by atoms with Gasteiger partial charge in [-0.25, -0.2) is 4.79 Å². The second kappa shape index (κ2) is 12.0. The van der Waals surface area contributed by atoms with Crippen molar-refractivity contribution in [3.05, 3.63) is 80.4 Å². The van der Waals surface area contributed by atoms with Crippen LogP contribution in [0.5, 0.6) is 0 Å². The molecule has 1 saturated heterocycles. The molecule has 11 heteroatoms. The summed E-state index contributed by atoms with van der Waals surface area (Å²) in [5, 5.41) is 24.2. The molecule has 1 aliphatic heterocycles. The van der Waals surface area contributed by atoms with E-state index < -0.39 is 54.0 Å². The zero-order valence-electron chi connectivity index (χ0n) is 21.8. The molecule has 2 aromatic carbocycles. The van der Waals surface area contributed by atoms with Gasteiger partial charge >= 0.3 is 5.97 Å². The van der Waals surface area contributed by atoms with Gasteiger partial charge in [0.25, 0.3) is 0 Å². The summed E-state index contributed by atoms with van der Waals surface area (Å²) in [5.74, 6) is -2.72. The van der Waals surface area contributed by atoms with E-state index >= 15 is 0 Å². The first-order valence-corrected chi connectivity index (χ1v) is 14.2. The van der Waals surface area contributed by atoms with E-state index in [2.05, 4.69) is 33.2 Å². The van der Waals surface area contributed by atoms with Gasteiger partial charge in [0.2, 0.25) is 11.8 Å². The summed E-state index contributed by atoms with van der Waals surface area (Å²) < 4.78 is 19.8. The third kappa shape index (κ3) is 6.08. The van der Waals surface area contributed by atoms with Crippen molar-refractivity contribution in [1.82, 2.24) is 10.6 Å². The Balaban J connectivity index is 1.38.